The van der Waals surface area contributed by atoms with E-state index in [9.17, 15) is 23.5 Å². The molecule has 0 saturated carbocycles. The number of aromatic nitrogens is 1. The first-order chi connectivity index (χ1) is 22.7. The molecule has 1 aromatic rings. The molecule has 48 heavy (non-hydrogen) atoms. The Morgan fingerprint density at radius 3 is 2.00 bits per heavy atom. The molecule has 0 spiro atoms. The monoisotopic (exact) mass is 676 g/mol. The summed E-state index contributed by atoms with van der Waals surface area (Å²) in [7, 11) is 2.66. The van der Waals surface area contributed by atoms with Gasteiger partial charge in [0.05, 0.1) is 54.2 Å². The van der Waals surface area contributed by atoms with E-state index in [0.29, 0.717) is 74.5 Å². The summed E-state index contributed by atoms with van der Waals surface area (Å²) < 4.78 is 37.8. The van der Waals surface area contributed by atoms with E-state index in [4.69, 9.17) is 36.1 Å². The molecular weight excluding hydrogens is 642 g/mol. The number of halogens is 3. The Balaban J connectivity index is 1.85. The number of methoxy groups -OCH3 is 2. The molecule has 5 rings (SSSR count). The minimum atomic E-state index is -2.03. The second-order valence-corrected chi connectivity index (χ2v) is 12.1. The van der Waals surface area contributed by atoms with Crippen LogP contribution < -0.4 is 10.7 Å². The lowest BCUT2D eigenvalue weighted by Crippen LogP contribution is -2.14. The number of ether oxygens (including phenoxy) is 2. The van der Waals surface area contributed by atoms with Crippen molar-refractivity contribution in [1.29, 1.82) is 0 Å². The fourth-order valence-corrected chi connectivity index (χ4v) is 6.40. The average molecular weight is 677 g/mol. The van der Waals surface area contributed by atoms with Crippen LogP contribution in [0.1, 0.15) is 64.5 Å². The van der Waals surface area contributed by atoms with Crippen LogP contribution in [0.4, 0.5) is 8.78 Å². The Bertz CT molecular complexity index is 2110. The van der Waals surface area contributed by atoms with E-state index in [0.717, 1.165) is 22.3 Å². The predicted octanol–water partition coefficient (Wildman–Crippen LogP) is 6.48. The van der Waals surface area contributed by atoms with E-state index in [1.54, 1.807) is 39.0 Å². The maximum Gasteiger partial charge on any atom is 0.305 e. The molecule has 0 aromatic carbocycles. The normalized spacial score (nSPS) is 18.1. The van der Waals surface area contributed by atoms with Gasteiger partial charge in [-0.2, -0.15) is 8.78 Å². The molecule has 250 valence electrons. The molecule has 0 fully saturated rings. The molecule has 0 saturated heterocycles. The van der Waals surface area contributed by atoms with Gasteiger partial charge in [-0.05, 0) is 105 Å². The number of esters is 2. The van der Waals surface area contributed by atoms with Crippen LogP contribution in [-0.2, 0) is 19.1 Å². The number of carbonyl (C=O) groups excluding carboxylic acids is 2. The maximum absolute atomic E-state index is 14.0. The van der Waals surface area contributed by atoms with Crippen molar-refractivity contribution >= 4 is 57.9 Å². The van der Waals surface area contributed by atoms with Crippen molar-refractivity contribution in [3.05, 3.63) is 96.3 Å². The summed E-state index contributed by atoms with van der Waals surface area (Å²) in [6, 6.07) is 0. The first-order valence-corrected chi connectivity index (χ1v) is 15.6. The Hall–Kier alpha value is -4.90. The van der Waals surface area contributed by atoms with E-state index in [1.165, 1.54) is 14.2 Å². The number of nitrogens with zero attached hydrogens (tertiary/aromatic N) is 3. The van der Waals surface area contributed by atoms with Crippen LogP contribution in [0.2, 0.25) is 0 Å². The fraction of sp³-hybridized carbons (Fsp3) is 0.306. The Labute approximate surface area is 281 Å². The largest absolute Gasteiger partial charge is 0.512 e. The van der Waals surface area contributed by atoms with Crippen LogP contribution in [0.15, 0.2) is 89.5 Å². The lowest BCUT2D eigenvalue weighted by Gasteiger charge is -2.08. The molecule has 0 aliphatic carbocycles. The number of fused-ring (bicyclic) bond motifs is 5. The molecule has 5 heterocycles. The second-order valence-electron chi connectivity index (χ2n) is 11.7. The van der Waals surface area contributed by atoms with Crippen LogP contribution in [0, 0.1) is 6.92 Å². The van der Waals surface area contributed by atoms with Crippen molar-refractivity contribution in [2.24, 2.45) is 15.0 Å². The number of aliphatic hydroxyl groups excluding tert-OH is 1. The molecule has 8 bridgehead atoms. The average Bonchev–Trinajstić information content (AvgIpc) is 3.71. The molecule has 0 atom stereocenters. The van der Waals surface area contributed by atoms with Gasteiger partial charge >= 0.3 is 11.9 Å². The van der Waals surface area contributed by atoms with Crippen LogP contribution in [0.3, 0.4) is 0 Å². The number of carbonyl (C=O) groups is 2. The zero-order valence-electron chi connectivity index (χ0n) is 27.7. The van der Waals surface area contributed by atoms with Gasteiger partial charge in [0.2, 0.25) is 0 Å². The Morgan fingerprint density at radius 2 is 1.40 bits per heavy atom. The van der Waals surface area contributed by atoms with Crippen LogP contribution >= 0.6 is 11.6 Å². The van der Waals surface area contributed by atoms with E-state index in [2.05, 4.69) is 4.98 Å². The SMILES string of the molecule is COC(=O)CCC1=C(C)C2=NC1=CC1=NC(=CC3=NC(=C(C)/C3=C(\C)O)C=c3[nH]c(c(C)c3C(Cl)=C(F)F)=C2)C(C)=C1CCC(=O)OC. The van der Waals surface area contributed by atoms with Crippen LogP contribution in [-0.4, -0.2) is 53.4 Å². The molecule has 12 heteroatoms. The fourth-order valence-electron chi connectivity index (χ4n) is 6.16. The molecule has 0 radical (unpaired) electrons. The number of rotatable bonds is 7. The van der Waals surface area contributed by atoms with Crippen molar-refractivity contribution < 1.29 is 33.0 Å². The lowest BCUT2D eigenvalue weighted by atomic mass is 9.96. The highest BCUT2D eigenvalue weighted by Crippen LogP contribution is 2.36. The first kappa shape index (κ1) is 34.4. The molecule has 0 unspecified atom stereocenters. The zero-order valence-corrected chi connectivity index (χ0v) is 28.4. The summed E-state index contributed by atoms with van der Waals surface area (Å²) in [5.41, 5.74) is 8.00. The van der Waals surface area contributed by atoms with Gasteiger partial charge in [-0.15, -0.1) is 0 Å². The Morgan fingerprint density at radius 1 is 0.792 bits per heavy atom. The van der Waals surface area contributed by atoms with Gasteiger partial charge in [0.25, 0.3) is 6.08 Å². The van der Waals surface area contributed by atoms with Gasteiger partial charge in [0.1, 0.15) is 5.03 Å². The summed E-state index contributed by atoms with van der Waals surface area (Å²) in [5.74, 6) is -0.729. The highest BCUT2D eigenvalue weighted by Gasteiger charge is 2.28. The van der Waals surface area contributed by atoms with Gasteiger partial charge in [-0.1, -0.05) is 11.6 Å². The molecule has 0 amide bonds. The van der Waals surface area contributed by atoms with Crippen molar-refractivity contribution in [3.8, 4) is 0 Å². The minimum absolute atomic E-state index is 0.0225. The van der Waals surface area contributed by atoms with Gasteiger partial charge in [-0.25, -0.2) is 15.0 Å². The van der Waals surface area contributed by atoms with Crippen molar-refractivity contribution in [1.82, 2.24) is 4.98 Å². The number of aliphatic hydroxyl groups is 1. The van der Waals surface area contributed by atoms with E-state index in [-0.39, 0.29) is 36.1 Å². The van der Waals surface area contributed by atoms with Gasteiger partial charge < -0.3 is 19.6 Å². The van der Waals surface area contributed by atoms with Crippen LogP contribution in [0.25, 0.3) is 17.2 Å². The number of hydrogen-bond donors (Lipinski definition) is 2. The first-order valence-electron chi connectivity index (χ1n) is 15.2. The number of allylic oxidation sites excluding steroid dienone is 10. The number of aliphatic imine (C=N–C) groups is 3. The van der Waals surface area contributed by atoms with Gasteiger partial charge in [-0.3, -0.25) is 9.59 Å². The molecule has 9 nitrogen and oxygen atoms in total. The minimum Gasteiger partial charge on any atom is -0.512 e. The highest BCUT2D eigenvalue weighted by atomic mass is 35.5. The highest BCUT2D eigenvalue weighted by molar-refractivity contribution is 6.49. The second kappa shape index (κ2) is 13.7. The lowest BCUT2D eigenvalue weighted by molar-refractivity contribution is -0.141. The number of hydrogen-bond acceptors (Lipinski definition) is 8. The molecular formula is C36H35ClF2N4O5. The van der Waals surface area contributed by atoms with E-state index in [1.807, 2.05) is 19.9 Å². The number of nitrogens with one attached hydrogen (secondary N) is 1. The quantitative estimate of drug-likeness (QED) is 0.253. The van der Waals surface area contributed by atoms with E-state index < -0.39 is 11.1 Å². The smallest absolute Gasteiger partial charge is 0.305 e. The van der Waals surface area contributed by atoms with Gasteiger partial charge in [0.15, 0.2) is 0 Å². The Kier molecular flexibility index (Phi) is 9.81. The summed E-state index contributed by atoms with van der Waals surface area (Å²) in [6.45, 7) is 8.80. The summed E-state index contributed by atoms with van der Waals surface area (Å²) in [5, 5.41) is 10.8. The standard InChI is InChI=1S/C36H35ClF2N4O5/c1-16-21(8-10-31(45)47-6)27-15-28-22(9-11-32(46)48-7)17(2)24(41-28)13-29-33(20(5)44)18(3)26(42-29)14-30-34(35(37)36(38)39)19(4)25(43-30)12-23(16)40-27/h12-15,43-44H,8-11H2,1-7H3/b24-13?,25-12?,27-15?,30-14?,33-20-. The molecule has 4 aliphatic rings. The summed E-state index contributed by atoms with van der Waals surface area (Å²) in [4.78, 5) is 42.3. The third-order valence-electron chi connectivity index (χ3n) is 8.82. The number of H-pyrrole nitrogens is 1. The number of aromatic amines is 1. The maximum atomic E-state index is 14.0. The predicted molar refractivity (Wildman–Crippen MR) is 183 cm³/mol. The molecule has 4 aliphatic heterocycles. The zero-order chi connectivity index (χ0) is 35.0. The van der Waals surface area contributed by atoms with Crippen LogP contribution in [0.5, 0.6) is 0 Å². The molecule has 1 aromatic heterocycles. The third-order valence-corrected chi connectivity index (χ3v) is 9.15. The van der Waals surface area contributed by atoms with E-state index >= 15 is 0 Å². The van der Waals surface area contributed by atoms with Gasteiger partial charge in [0, 0.05) is 34.7 Å². The molecule has 2 N–H and O–H groups in total. The summed E-state index contributed by atoms with van der Waals surface area (Å²) in [6.07, 6.45) is 5.82. The summed E-state index contributed by atoms with van der Waals surface area (Å²) >= 11 is 6.20. The topological polar surface area (TPSA) is 126 Å². The van der Waals surface area contributed by atoms with Crippen molar-refractivity contribution in [2.75, 3.05) is 14.2 Å². The van der Waals surface area contributed by atoms with Crippen molar-refractivity contribution in [2.45, 2.75) is 60.3 Å². The third kappa shape index (κ3) is 6.47. The van der Waals surface area contributed by atoms with Crippen molar-refractivity contribution in [3.63, 3.8) is 0 Å².